The van der Waals surface area contributed by atoms with E-state index in [9.17, 15) is 0 Å². The summed E-state index contributed by atoms with van der Waals surface area (Å²) < 4.78 is 0. The van der Waals surface area contributed by atoms with E-state index in [-0.39, 0.29) is 17.8 Å². The van der Waals surface area contributed by atoms with Gasteiger partial charge in [-0.3, -0.25) is 0 Å². The van der Waals surface area contributed by atoms with Gasteiger partial charge < -0.3 is 16.4 Å². The SMILES string of the molecule is C[C@H](c1cccc2ccccc12)N(C)c1ncc2c(N)nc(N)nc2n1. The van der Waals surface area contributed by atoms with Crippen molar-refractivity contribution in [1.82, 2.24) is 19.9 Å². The summed E-state index contributed by atoms with van der Waals surface area (Å²) in [7, 11) is 1.96. The van der Waals surface area contributed by atoms with E-state index >= 15 is 0 Å². The first-order valence-electron chi connectivity index (χ1n) is 8.31. The van der Waals surface area contributed by atoms with Gasteiger partial charge in [0, 0.05) is 13.2 Å². The number of anilines is 3. The van der Waals surface area contributed by atoms with Crippen LogP contribution in [0.4, 0.5) is 17.7 Å². The van der Waals surface area contributed by atoms with Crippen molar-refractivity contribution in [1.29, 1.82) is 0 Å². The van der Waals surface area contributed by atoms with Gasteiger partial charge in [0.2, 0.25) is 11.9 Å². The number of nitrogens with two attached hydrogens (primary N) is 2. The van der Waals surface area contributed by atoms with E-state index in [1.54, 1.807) is 6.20 Å². The zero-order chi connectivity index (χ0) is 18.3. The van der Waals surface area contributed by atoms with Crippen LogP contribution in [-0.4, -0.2) is 27.0 Å². The minimum Gasteiger partial charge on any atom is -0.383 e. The van der Waals surface area contributed by atoms with E-state index in [4.69, 9.17) is 11.5 Å². The highest BCUT2D eigenvalue weighted by atomic mass is 15.3. The van der Waals surface area contributed by atoms with Crippen LogP contribution in [-0.2, 0) is 0 Å². The number of benzene rings is 2. The Morgan fingerprint density at radius 1 is 0.923 bits per heavy atom. The van der Waals surface area contributed by atoms with Crippen LogP contribution in [0.5, 0.6) is 0 Å². The molecule has 2 aromatic heterocycles. The van der Waals surface area contributed by atoms with Gasteiger partial charge in [-0.1, -0.05) is 42.5 Å². The lowest BCUT2D eigenvalue weighted by Crippen LogP contribution is -2.24. The maximum atomic E-state index is 5.87. The number of nitrogens with zero attached hydrogens (tertiary/aromatic N) is 5. The van der Waals surface area contributed by atoms with Crippen molar-refractivity contribution in [3.8, 4) is 0 Å². The van der Waals surface area contributed by atoms with Crippen LogP contribution in [0, 0.1) is 0 Å². The largest absolute Gasteiger partial charge is 0.383 e. The van der Waals surface area contributed by atoms with Gasteiger partial charge in [-0.2, -0.15) is 15.0 Å². The lowest BCUT2D eigenvalue weighted by atomic mass is 9.99. The summed E-state index contributed by atoms with van der Waals surface area (Å²) in [6, 6.07) is 14.7. The van der Waals surface area contributed by atoms with Crippen molar-refractivity contribution < 1.29 is 0 Å². The zero-order valence-electron chi connectivity index (χ0n) is 14.6. The Kier molecular flexibility index (Phi) is 3.76. The van der Waals surface area contributed by atoms with Crippen LogP contribution in [0.15, 0.2) is 48.7 Å². The van der Waals surface area contributed by atoms with Gasteiger partial charge in [0.15, 0.2) is 5.65 Å². The average Bonchev–Trinajstić information content (AvgIpc) is 2.65. The highest BCUT2D eigenvalue weighted by Gasteiger charge is 2.18. The standard InChI is InChI=1S/C19H19N7/c1-11(13-9-5-7-12-6-3-4-8-14(12)13)26(2)19-22-10-15-16(20)23-18(21)24-17(15)25-19/h3-11H,1-2H3,(H4,20,21,22,23,24,25)/t11-/m1/s1. The first-order valence-corrected chi connectivity index (χ1v) is 8.31. The van der Waals surface area contributed by atoms with Crippen molar-refractivity contribution >= 4 is 39.5 Å². The van der Waals surface area contributed by atoms with E-state index in [0.717, 1.165) is 0 Å². The number of fused-ring (bicyclic) bond motifs is 2. The molecular weight excluding hydrogens is 326 g/mol. The van der Waals surface area contributed by atoms with Crippen LogP contribution in [0.25, 0.3) is 21.8 Å². The van der Waals surface area contributed by atoms with Gasteiger partial charge >= 0.3 is 0 Å². The lowest BCUT2D eigenvalue weighted by molar-refractivity contribution is 0.722. The highest BCUT2D eigenvalue weighted by Crippen LogP contribution is 2.29. The molecule has 0 aliphatic heterocycles. The summed E-state index contributed by atoms with van der Waals surface area (Å²) in [6.07, 6.45) is 1.64. The van der Waals surface area contributed by atoms with E-state index in [0.29, 0.717) is 17.0 Å². The molecule has 0 radical (unpaired) electrons. The smallest absolute Gasteiger partial charge is 0.227 e. The Balaban J connectivity index is 1.77. The molecule has 4 aromatic rings. The van der Waals surface area contributed by atoms with Crippen LogP contribution in [0.3, 0.4) is 0 Å². The number of nitrogen functional groups attached to an aromatic ring is 2. The Morgan fingerprint density at radius 2 is 1.69 bits per heavy atom. The minimum absolute atomic E-state index is 0.0649. The molecule has 0 amide bonds. The minimum atomic E-state index is 0.0649. The molecule has 0 saturated heterocycles. The van der Waals surface area contributed by atoms with E-state index < -0.39 is 0 Å². The molecule has 7 heteroatoms. The third kappa shape index (κ3) is 2.63. The number of aromatic nitrogens is 4. The molecule has 0 bridgehead atoms. The van der Waals surface area contributed by atoms with Gasteiger partial charge in [-0.15, -0.1) is 0 Å². The lowest BCUT2D eigenvalue weighted by Gasteiger charge is -2.26. The van der Waals surface area contributed by atoms with Gasteiger partial charge in [0.25, 0.3) is 0 Å². The summed E-state index contributed by atoms with van der Waals surface area (Å²) in [4.78, 5) is 19.1. The number of rotatable bonds is 3. The topological polar surface area (TPSA) is 107 Å². The molecule has 0 aliphatic rings. The summed E-state index contributed by atoms with van der Waals surface area (Å²) in [5.41, 5.74) is 13.2. The third-order valence-corrected chi connectivity index (χ3v) is 4.66. The number of hydrogen-bond donors (Lipinski definition) is 2. The van der Waals surface area contributed by atoms with Crippen molar-refractivity contribution in [3.05, 3.63) is 54.2 Å². The molecule has 0 unspecified atom stereocenters. The van der Waals surface area contributed by atoms with Gasteiger partial charge in [-0.25, -0.2) is 4.98 Å². The Hall–Kier alpha value is -3.48. The van der Waals surface area contributed by atoms with E-state index in [2.05, 4.69) is 57.2 Å². The monoisotopic (exact) mass is 345 g/mol. The fourth-order valence-electron chi connectivity index (χ4n) is 3.11. The summed E-state index contributed by atoms with van der Waals surface area (Å²) >= 11 is 0. The molecule has 0 aliphatic carbocycles. The Morgan fingerprint density at radius 3 is 2.54 bits per heavy atom. The Bertz CT molecular complexity index is 1100. The normalized spacial score (nSPS) is 12.4. The molecule has 2 aromatic carbocycles. The maximum absolute atomic E-state index is 5.87. The van der Waals surface area contributed by atoms with Crippen LogP contribution >= 0.6 is 0 Å². The molecule has 0 spiro atoms. The molecule has 1 atom stereocenters. The van der Waals surface area contributed by atoms with Crippen molar-refractivity contribution in [3.63, 3.8) is 0 Å². The fraction of sp³-hybridized carbons (Fsp3) is 0.158. The average molecular weight is 345 g/mol. The second-order valence-corrected chi connectivity index (χ2v) is 6.23. The zero-order valence-corrected chi connectivity index (χ0v) is 14.6. The molecule has 130 valence electrons. The number of hydrogen-bond acceptors (Lipinski definition) is 7. The molecule has 7 nitrogen and oxygen atoms in total. The highest BCUT2D eigenvalue weighted by molar-refractivity contribution is 5.87. The van der Waals surface area contributed by atoms with Crippen molar-refractivity contribution in [2.75, 3.05) is 23.4 Å². The Labute approximate surface area is 150 Å². The molecular formula is C19H19N7. The molecule has 4 rings (SSSR count). The fourth-order valence-corrected chi connectivity index (χ4v) is 3.11. The molecule has 2 heterocycles. The van der Waals surface area contributed by atoms with E-state index in [1.807, 2.05) is 24.1 Å². The van der Waals surface area contributed by atoms with Gasteiger partial charge in [-0.05, 0) is 23.3 Å². The first-order chi connectivity index (χ1) is 12.5. The molecule has 0 saturated carbocycles. The van der Waals surface area contributed by atoms with Gasteiger partial charge in [0.1, 0.15) is 5.82 Å². The maximum Gasteiger partial charge on any atom is 0.227 e. The van der Waals surface area contributed by atoms with Gasteiger partial charge in [0.05, 0.1) is 11.4 Å². The predicted molar refractivity (Wildman–Crippen MR) is 105 cm³/mol. The van der Waals surface area contributed by atoms with Crippen molar-refractivity contribution in [2.45, 2.75) is 13.0 Å². The predicted octanol–water partition coefficient (Wildman–Crippen LogP) is 2.93. The molecule has 26 heavy (non-hydrogen) atoms. The van der Waals surface area contributed by atoms with Crippen LogP contribution < -0.4 is 16.4 Å². The van der Waals surface area contributed by atoms with E-state index in [1.165, 1.54) is 16.3 Å². The second kappa shape index (κ2) is 6.11. The first kappa shape index (κ1) is 16.0. The summed E-state index contributed by atoms with van der Waals surface area (Å²) in [6.45, 7) is 2.12. The summed E-state index contributed by atoms with van der Waals surface area (Å²) in [5.74, 6) is 0.934. The van der Waals surface area contributed by atoms with Crippen LogP contribution in [0.1, 0.15) is 18.5 Å². The second-order valence-electron chi connectivity index (χ2n) is 6.23. The molecule has 0 fully saturated rings. The summed E-state index contributed by atoms with van der Waals surface area (Å²) in [5, 5.41) is 3.01. The quantitative estimate of drug-likeness (QED) is 0.588. The molecule has 4 N–H and O–H groups in total. The van der Waals surface area contributed by atoms with Crippen molar-refractivity contribution in [2.24, 2.45) is 0 Å². The van der Waals surface area contributed by atoms with Crippen LogP contribution in [0.2, 0.25) is 0 Å². The third-order valence-electron chi connectivity index (χ3n) is 4.66.